The molecule has 0 saturated heterocycles. The Labute approximate surface area is 97.5 Å². The van der Waals surface area contributed by atoms with Crippen molar-refractivity contribution in [1.82, 2.24) is 4.57 Å². The summed E-state index contributed by atoms with van der Waals surface area (Å²) in [5.41, 5.74) is 0. The first kappa shape index (κ1) is 14.7. The van der Waals surface area contributed by atoms with Crippen LogP contribution in [0.3, 0.4) is 0 Å². The first-order valence-corrected chi connectivity index (χ1v) is 5.69. The van der Waals surface area contributed by atoms with Crippen LogP contribution in [0.1, 0.15) is 33.6 Å². The molecule has 1 aromatic heterocycles. The Bertz CT molecular complexity index is 306. The number of imidazole rings is 1. The van der Waals surface area contributed by atoms with Gasteiger partial charge in [-0.15, -0.1) is 0 Å². The summed E-state index contributed by atoms with van der Waals surface area (Å²) in [6.45, 7) is 6.52. The second-order valence-corrected chi connectivity index (χ2v) is 4.14. The van der Waals surface area contributed by atoms with E-state index in [1.807, 2.05) is 7.05 Å². The molecule has 4 nitrogen and oxygen atoms in total. The van der Waals surface area contributed by atoms with E-state index in [1.54, 1.807) is 13.8 Å². The van der Waals surface area contributed by atoms with Gasteiger partial charge in [0.05, 0.1) is 13.6 Å². The highest BCUT2D eigenvalue weighted by atomic mass is 16.4. The van der Waals surface area contributed by atoms with E-state index in [4.69, 9.17) is 0 Å². The molecule has 16 heavy (non-hydrogen) atoms. The van der Waals surface area contributed by atoms with Crippen molar-refractivity contribution in [2.24, 2.45) is 13.0 Å². The van der Waals surface area contributed by atoms with Crippen molar-refractivity contribution >= 4 is 5.97 Å². The first-order chi connectivity index (χ1) is 7.47. The van der Waals surface area contributed by atoms with Gasteiger partial charge < -0.3 is 9.90 Å². The number of aryl methyl sites for hydroxylation is 2. The molecule has 0 radical (unpaired) electrons. The number of hydrogen-bond acceptors (Lipinski definition) is 2. The van der Waals surface area contributed by atoms with Gasteiger partial charge in [-0.05, 0) is 12.3 Å². The van der Waals surface area contributed by atoms with Crippen LogP contribution in [0.5, 0.6) is 0 Å². The van der Waals surface area contributed by atoms with Gasteiger partial charge in [-0.25, -0.2) is 9.13 Å². The average Bonchev–Trinajstić information content (AvgIpc) is 2.62. The molecule has 0 aliphatic rings. The van der Waals surface area contributed by atoms with Crippen molar-refractivity contribution in [3.8, 4) is 0 Å². The number of aromatic nitrogens is 2. The lowest BCUT2D eigenvalue weighted by molar-refractivity contribution is -0.696. The summed E-state index contributed by atoms with van der Waals surface area (Å²) in [7, 11) is 2.04. The van der Waals surface area contributed by atoms with E-state index in [0.717, 1.165) is 6.54 Å². The summed E-state index contributed by atoms with van der Waals surface area (Å²) < 4.78 is 4.28. The van der Waals surface area contributed by atoms with E-state index in [-0.39, 0.29) is 5.92 Å². The molecular weight excluding hydrogens is 204 g/mol. The van der Waals surface area contributed by atoms with Gasteiger partial charge in [0.2, 0.25) is 6.33 Å². The zero-order chi connectivity index (χ0) is 12.6. The van der Waals surface area contributed by atoms with E-state index < -0.39 is 5.97 Å². The molecule has 4 heteroatoms. The third-order valence-corrected chi connectivity index (χ3v) is 2.07. The van der Waals surface area contributed by atoms with Gasteiger partial charge in [-0.3, -0.25) is 0 Å². The van der Waals surface area contributed by atoms with E-state index in [0.29, 0.717) is 0 Å². The SMILES string of the molecule is CC(C)C(=O)[O-].CCCC[n+]1ccn(C)c1. The maximum absolute atomic E-state index is 9.59. The van der Waals surface area contributed by atoms with E-state index >= 15 is 0 Å². The van der Waals surface area contributed by atoms with E-state index in [9.17, 15) is 9.90 Å². The van der Waals surface area contributed by atoms with Crippen molar-refractivity contribution in [3.05, 3.63) is 18.7 Å². The zero-order valence-electron chi connectivity index (χ0n) is 10.6. The van der Waals surface area contributed by atoms with Crippen LogP contribution in [0.2, 0.25) is 0 Å². The number of rotatable bonds is 4. The van der Waals surface area contributed by atoms with Crippen LogP contribution in [0, 0.1) is 5.92 Å². The predicted molar refractivity (Wildman–Crippen MR) is 60.4 cm³/mol. The topological polar surface area (TPSA) is 48.9 Å². The highest BCUT2D eigenvalue weighted by Gasteiger charge is 1.96. The zero-order valence-corrected chi connectivity index (χ0v) is 10.6. The van der Waals surface area contributed by atoms with Crippen molar-refractivity contribution in [2.75, 3.05) is 0 Å². The molecule has 1 aromatic rings. The van der Waals surface area contributed by atoms with Gasteiger partial charge in [0.1, 0.15) is 12.4 Å². The number of carboxylic acids is 1. The number of aliphatic carboxylic acids is 1. The number of nitrogens with zero attached hydrogens (tertiary/aromatic N) is 2. The van der Waals surface area contributed by atoms with Crippen molar-refractivity contribution in [3.63, 3.8) is 0 Å². The van der Waals surface area contributed by atoms with E-state index in [2.05, 4.69) is 34.8 Å². The smallest absolute Gasteiger partial charge is 0.243 e. The number of carbonyl (C=O) groups excluding carboxylic acids is 1. The summed E-state index contributed by atoms with van der Waals surface area (Å²) in [6, 6.07) is 0. The predicted octanol–water partition coefficient (Wildman–Crippen LogP) is 0.505. The van der Waals surface area contributed by atoms with Gasteiger partial charge in [-0.2, -0.15) is 0 Å². The lowest BCUT2D eigenvalue weighted by Crippen LogP contribution is -2.30. The van der Waals surface area contributed by atoms with Gasteiger partial charge in [0, 0.05) is 5.97 Å². The molecule has 0 aromatic carbocycles. The van der Waals surface area contributed by atoms with Gasteiger partial charge in [-0.1, -0.05) is 27.2 Å². The number of carbonyl (C=O) groups is 1. The molecule has 0 aliphatic carbocycles. The normalized spacial score (nSPS) is 9.81. The summed E-state index contributed by atoms with van der Waals surface area (Å²) >= 11 is 0. The first-order valence-electron chi connectivity index (χ1n) is 5.69. The highest BCUT2D eigenvalue weighted by molar-refractivity contribution is 5.66. The summed E-state index contributed by atoms with van der Waals surface area (Å²) in [6.07, 6.45) is 8.82. The minimum atomic E-state index is -0.991. The van der Waals surface area contributed by atoms with Crippen LogP contribution in [-0.4, -0.2) is 10.5 Å². The molecule has 0 unspecified atom stereocenters. The molecule has 1 rings (SSSR count). The fraction of sp³-hybridized carbons (Fsp3) is 0.667. The molecule has 0 amide bonds. The molecule has 0 spiro atoms. The number of unbranched alkanes of at least 4 members (excludes halogenated alkanes) is 1. The lowest BCUT2D eigenvalue weighted by atomic mass is 10.2. The maximum Gasteiger partial charge on any atom is 0.243 e. The standard InChI is InChI=1S/C8H15N2.C4H8O2/c1-3-4-5-10-7-6-9(2)8-10;1-3(2)4(5)6/h6-8H,3-5H2,1-2H3;3H,1-2H3,(H,5,6)/q+1;/p-1. The van der Waals surface area contributed by atoms with Crippen molar-refractivity contribution in [2.45, 2.75) is 40.2 Å². The Morgan fingerprint density at radius 3 is 2.38 bits per heavy atom. The molecule has 0 bridgehead atoms. The summed E-state index contributed by atoms with van der Waals surface area (Å²) in [5.74, 6) is -1.33. The lowest BCUT2D eigenvalue weighted by Gasteiger charge is -2.01. The number of hydrogen-bond donors (Lipinski definition) is 0. The molecular formula is C12H22N2O2. The monoisotopic (exact) mass is 226 g/mol. The van der Waals surface area contributed by atoms with Gasteiger partial charge in [0.15, 0.2) is 0 Å². The molecule has 0 atom stereocenters. The summed E-state index contributed by atoms with van der Waals surface area (Å²) in [5, 5.41) is 9.59. The largest absolute Gasteiger partial charge is 0.550 e. The third-order valence-electron chi connectivity index (χ3n) is 2.07. The van der Waals surface area contributed by atoms with Crippen LogP contribution < -0.4 is 9.67 Å². The van der Waals surface area contributed by atoms with Crippen LogP contribution >= 0.6 is 0 Å². The second-order valence-electron chi connectivity index (χ2n) is 4.14. The van der Waals surface area contributed by atoms with Gasteiger partial charge >= 0.3 is 0 Å². The van der Waals surface area contributed by atoms with Crippen LogP contribution in [0.15, 0.2) is 18.7 Å². The average molecular weight is 226 g/mol. The Hall–Kier alpha value is -1.32. The fourth-order valence-corrected chi connectivity index (χ4v) is 0.975. The number of carboxylic acid groups (broad SMARTS) is 1. The molecule has 1 heterocycles. The van der Waals surface area contributed by atoms with Crippen molar-refractivity contribution < 1.29 is 14.5 Å². The minimum absolute atomic E-state index is 0.343. The van der Waals surface area contributed by atoms with Crippen molar-refractivity contribution in [1.29, 1.82) is 0 Å². The maximum atomic E-state index is 9.59. The van der Waals surface area contributed by atoms with E-state index in [1.165, 1.54) is 12.8 Å². The molecule has 0 saturated carbocycles. The molecule has 0 aliphatic heterocycles. The molecule has 92 valence electrons. The summed E-state index contributed by atoms with van der Waals surface area (Å²) in [4.78, 5) is 9.59. The Balaban J connectivity index is 0.000000325. The Kier molecular flexibility index (Phi) is 7.25. The highest BCUT2D eigenvalue weighted by Crippen LogP contribution is 1.86. The quantitative estimate of drug-likeness (QED) is 0.702. The van der Waals surface area contributed by atoms with Crippen LogP contribution in [-0.2, 0) is 18.4 Å². The molecule has 0 fully saturated rings. The van der Waals surface area contributed by atoms with Crippen LogP contribution in [0.25, 0.3) is 0 Å². The fourth-order valence-electron chi connectivity index (χ4n) is 0.975. The Morgan fingerprint density at radius 2 is 2.06 bits per heavy atom. The minimum Gasteiger partial charge on any atom is -0.550 e. The molecule has 0 N–H and O–H groups in total. The van der Waals surface area contributed by atoms with Gasteiger partial charge in [0.25, 0.3) is 0 Å². The second kappa shape index (κ2) is 7.91. The van der Waals surface area contributed by atoms with Crippen LogP contribution in [0.4, 0.5) is 0 Å². The Morgan fingerprint density at radius 1 is 1.50 bits per heavy atom. The third kappa shape index (κ3) is 7.04.